The van der Waals surface area contributed by atoms with E-state index in [-0.39, 0.29) is 11.2 Å². The van der Waals surface area contributed by atoms with Crippen LogP contribution in [0.15, 0.2) is 59.4 Å². The smallest absolute Gasteiger partial charge is 0.343 e. The van der Waals surface area contributed by atoms with Gasteiger partial charge in [-0.15, -0.1) is 0 Å². The van der Waals surface area contributed by atoms with E-state index in [0.717, 1.165) is 0 Å². The van der Waals surface area contributed by atoms with Gasteiger partial charge >= 0.3 is 5.97 Å². The standard InChI is InChI=1S/C14H9ClO3/c15-11-8-6-10(7-9-11)14(17)18-13-5-3-1-2-4-12(13)16/h1-9H. The summed E-state index contributed by atoms with van der Waals surface area (Å²) in [4.78, 5) is 23.3. The first-order valence-electron chi connectivity index (χ1n) is 5.24. The second-order valence-electron chi connectivity index (χ2n) is 3.54. The Morgan fingerprint density at radius 2 is 1.61 bits per heavy atom. The molecule has 0 amide bonds. The average Bonchev–Trinajstić information content (AvgIpc) is 2.56. The van der Waals surface area contributed by atoms with Crippen molar-refractivity contribution in [1.82, 2.24) is 0 Å². The Labute approximate surface area is 109 Å². The van der Waals surface area contributed by atoms with E-state index in [1.165, 1.54) is 24.3 Å². The monoisotopic (exact) mass is 260 g/mol. The van der Waals surface area contributed by atoms with E-state index >= 15 is 0 Å². The Kier molecular flexibility index (Phi) is 3.75. The van der Waals surface area contributed by atoms with E-state index in [4.69, 9.17) is 16.3 Å². The zero-order chi connectivity index (χ0) is 13.0. The molecule has 4 heteroatoms. The van der Waals surface area contributed by atoms with E-state index in [1.807, 2.05) is 0 Å². The number of benzene rings is 1. The summed E-state index contributed by atoms with van der Waals surface area (Å²) in [6.07, 6.45) is 0. The van der Waals surface area contributed by atoms with Gasteiger partial charge in [-0.25, -0.2) is 4.79 Å². The van der Waals surface area contributed by atoms with Crippen LogP contribution in [0.2, 0.25) is 5.02 Å². The van der Waals surface area contributed by atoms with Gasteiger partial charge in [-0.3, -0.25) is 4.79 Å². The molecule has 0 saturated carbocycles. The summed E-state index contributed by atoms with van der Waals surface area (Å²) < 4.78 is 5.04. The Balaban J connectivity index is 2.25. The quantitative estimate of drug-likeness (QED) is 0.780. The fourth-order valence-electron chi connectivity index (χ4n) is 1.34. The van der Waals surface area contributed by atoms with Gasteiger partial charge in [0.05, 0.1) is 5.56 Å². The lowest BCUT2D eigenvalue weighted by Gasteiger charge is -2.01. The van der Waals surface area contributed by atoms with Gasteiger partial charge in [0.2, 0.25) is 5.43 Å². The zero-order valence-corrected chi connectivity index (χ0v) is 10.1. The number of esters is 1. The van der Waals surface area contributed by atoms with Gasteiger partial charge in [-0.2, -0.15) is 0 Å². The van der Waals surface area contributed by atoms with Crippen LogP contribution in [0.3, 0.4) is 0 Å². The van der Waals surface area contributed by atoms with Crippen molar-refractivity contribution < 1.29 is 9.53 Å². The molecule has 0 aliphatic heterocycles. The molecule has 0 aliphatic carbocycles. The maximum atomic E-state index is 11.8. The molecule has 2 rings (SSSR count). The topological polar surface area (TPSA) is 43.4 Å². The maximum absolute atomic E-state index is 11.8. The lowest BCUT2D eigenvalue weighted by atomic mass is 10.2. The third-order valence-electron chi connectivity index (χ3n) is 2.24. The van der Waals surface area contributed by atoms with Gasteiger partial charge in [0.1, 0.15) is 0 Å². The van der Waals surface area contributed by atoms with Crippen LogP contribution in [0.5, 0.6) is 5.75 Å². The first-order valence-corrected chi connectivity index (χ1v) is 5.62. The van der Waals surface area contributed by atoms with E-state index in [1.54, 1.807) is 30.3 Å². The normalized spacial score (nSPS) is 9.83. The van der Waals surface area contributed by atoms with Crippen molar-refractivity contribution in [3.05, 3.63) is 75.4 Å². The molecular weight excluding hydrogens is 252 g/mol. The van der Waals surface area contributed by atoms with Gasteiger partial charge in [-0.1, -0.05) is 29.8 Å². The number of rotatable bonds is 2. The second kappa shape index (κ2) is 5.47. The number of carbonyl (C=O) groups is 1. The Morgan fingerprint density at radius 1 is 0.944 bits per heavy atom. The molecule has 3 nitrogen and oxygen atoms in total. The zero-order valence-electron chi connectivity index (χ0n) is 9.30. The minimum atomic E-state index is -0.588. The highest BCUT2D eigenvalue weighted by Gasteiger charge is 2.09. The van der Waals surface area contributed by atoms with E-state index in [2.05, 4.69) is 0 Å². The number of ether oxygens (including phenoxy) is 1. The van der Waals surface area contributed by atoms with Crippen molar-refractivity contribution in [3.8, 4) is 5.75 Å². The molecule has 2 aromatic rings. The van der Waals surface area contributed by atoms with Gasteiger partial charge in [-0.05, 0) is 36.4 Å². The third-order valence-corrected chi connectivity index (χ3v) is 2.49. The predicted molar refractivity (Wildman–Crippen MR) is 69.1 cm³/mol. The van der Waals surface area contributed by atoms with E-state index in [9.17, 15) is 9.59 Å². The summed E-state index contributed by atoms with van der Waals surface area (Å²) in [5.41, 5.74) is -0.00683. The fourth-order valence-corrected chi connectivity index (χ4v) is 1.47. The van der Waals surface area contributed by atoms with E-state index < -0.39 is 5.97 Å². The third kappa shape index (κ3) is 2.96. The minimum Gasteiger partial charge on any atom is -0.419 e. The van der Waals surface area contributed by atoms with Crippen LogP contribution in [-0.2, 0) is 0 Å². The SMILES string of the molecule is O=C(Oc1cccccc1=O)c1ccc(Cl)cc1. The molecule has 0 fully saturated rings. The first-order chi connectivity index (χ1) is 8.66. The minimum absolute atomic E-state index is 0.0000463. The van der Waals surface area contributed by atoms with Crippen LogP contribution in [0.25, 0.3) is 0 Å². The molecule has 0 aliphatic rings. The van der Waals surface area contributed by atoms with Gasteiger partial charge in [0, 0.05) is 5.02 Å². The highest BCUT2D eigenvalue weighted by molar-refractivity contribution is 6.30. The summed E-state index contributed by atoms with van der Waals surface area (Å²) in [6, 6.07) is 13.9. The molecule has 0 heterocycles. The molecule has 0 bridgehead atoms. The summed E-state index contributed by atoms with van der Waals surface area (Å²) in [7, 11) is 0. The molecule has 2 aromatic carbocycles. The van der Waals surface area contributed by atoms with Crippen LogP contribution in [0, 0.1) is 0 Å². The summed E-state index contributed by atoms with van der Waals surface area (Å²) >= 11 is 5.72. The lowest BCUT2D eigenvalue weighted by molar-refractivity contribution is 0.0733. The number of hydrogen-bond donors (Lipinski definition) is 0. The maximum Gasteiger partial charge on any atom is 0.343 e. The summed E-state index contributed by atoms with van der Waals surface area (Å²) in [5.74, 6) is -0.588. The molecule has 0 aromatic heterocycles. The first kappa shape index (κ1) is 12.3. The van der Waals surface area contributed by atoms with Gasteiger partial charge < -0.3 is 4.74 Å². The second-order valence-corrected chi connectivity index (χ2v) is 3.97. The molecule has 0 N–H and O–H groups in total. The molecule has 90 valence electrons. The highest BCUT2D eigenvalue weighted by Crippen LogP contribution is 2.11. The molecule has 0 saturated heterocycles. The Morgan fingerprint density at radius 3 is 2.33 bits per heavy atom. The highest BCUT2D eigenvalue weighted by atomic mass is 35.5. The van der Waals surface area contributed by atoms with Crippen molar-refractivity contribution in [2.24, 2.45) is 0 Å². The van der Waals surface area contributed by atoms with Crippen molar-refractivity contribution >= 4 is 17.6 Å². The number of carbonyl (C=O) groups excluding carboxylic acids is 1. The lowest BCUT2D eigenvalue weighted by Crippen LogP contribution is -2.13. The fraction of sp³-hybridized carbons (Fsp3) is 0. The van der Waals surface area contributed by atoms with Gasteiger partial charge in [0.25, 0.3) is 0 Å². The largest absolute Gasteiger partial charge is 0.419 e. The number of halogens is 1. The summed E-state index contributed by atoms with van der Waals surface area (Å²) in [5, 5.41) is 0.530. The van der Waals surface area contributed by atoms with Crippen LogP contribution in [0.1, 0.15) is 10.4 Å². The molecule has 0 unspecified atom stereocenters. The summed E-state index contributed by atoms with van der Waals surface area (Å²) in [6.45, 7) is 0. The number of hydrogen-bond acceptors (Lipinski definition) is 3. The molecular formula is C14H9ClO3. The van der Waals surface area contributed by atoms with Crippen LogP contribution in [0.4, 0.5) is 0 Å². The Hall–Kier alpha value is -2.13. The molecule has 0 atom stereocenters. The Bertz CT molecular complexity index is 620. The average molecular weight is 261 g/mol. The van der Waals surface area contributed by atoms with Crippen molar-refractivity contribution in [3.63, 3.8) is 0 Å². The molecule has 0 spiro atoms. The van der Waals surface area contributed by atoms with Crippen molar-refractivity contribution in [1.29, 1.82) is 0 Å². The van der Waals surface area contributed by atoms with Crippen LogP contribution in [-0.4, -0.2) is 5.97 Å². The predicted octanol–water partition coefficient (Wildman–Crippen LogP) is 2.92. The van der Waals surface area contributed by atoms with Crippen molar-refractivity contribution in [2.75, 3.05) is 0 Å². The van der Waals surface area contributed by atoms with Crippen molar-refractivity contribution in [2.45, 2.75) is 0 Å². The molecule has 18 heavy (non-hydrogen) atoms. The van der Waals surface area contributed by atoms with Crippen LogP contribution >= 0.6 is 11.6 Å². The van der Waals surface area contributed by atoms with Crippen LogP contribution < -0.4 is 10.2 Å². The molecule has 0 radical (unpaired) electrons. The van der Waals surface area contributed by atoms with E-state index in [0.29, 0.717) is 10.6 Å². The van der Waals surface area contributed by atoms with Gasteiger partial charge in [0.15, 0.2) is 5.75 Å².